The van der Waals surface area contributed by atoms with E-state index in [-0.39, 0.29) is 23.9 Å². The van der Waals surface area contributed by atoms with Crippen LogP contribution in [0.5, 0.6) is 0 Å². The van der Waals surface area contributed by atoms with E-state index in [0.717, 1.165) is 68.9 Å². The molecular weight excluding hydrogens is 466 g/mol. The van der Waals surface area contributed by atoms with Crippen molar-refractivity contribution in [1.29, 1.82) is 0 Å². The van der Waals surface area contributed by atoms with Crippen LogP contribution >= 0.6 is 0 Å². The van der Waals surface area contributed by atoms with Crippen molar-refractivity contribution in [2.45, 2.75) is 63.6 Å². The van der Waals surface area contributed by atoms with Crippen molar-refractivity contribution in [3.8, 4) is 0 Å². The Morgan fingerprint density at radius 2 is 1.76 bits per heavy atom. The lowest BCUT2D eigenvalue weighted by molar-refractivity contribution is -0.137. The third-order valence-electron chi connectivity index (χ3n) is 8.98. The van der Waals surface area contributed by atoms with Gasteiger partial charge in [-0.15, -0.1) is 0 Å². The SMILES string of the molecule is CC(=O)Nc1ccc(N2CCN(c3cccc(C(=O)N[C@H]4C5CC6CC4C[C@](O)(C6)C5)n3)[C@H](C)C2)cc1. The molecule has 2 aromatic rings. The summed E-state index contributed by atoms with van der Waals surface area (Å²) in [7, 11) is 0. The van der Waals surface area contributed by atoms with E-state index in [2.05, 4.69) is 27.4 Å². The van der Waals surface area contributed by atoms with Gasteiger partial charge in [0, 0.05) is 50.0 Å². The number of carbonyl (C=O) groups is 2. The van der Waals surface area contributed by atoms with Gasteiger partial charge in [-0.2, -0.15) is 0 Å². The highest BCUT2D eigenvalue weighted by Crippen LogP contribution is 2.55. The molecule has 1 aliphatic heterocycles. The molecule has 2 amide bonds. The van der Waals surface area contributed by atoms with Crippen LogP contribution < -0.4 is 20.4 Å². The number of anilines is 3. The summed E-state index contributed by atoms with van der Waals surface area (Å²) in [5.74, 6) is 2.03. The third kappa shape index (κ3) is 4.79. The number of rotatable bonds is 5. The fourth-order valence-corrected chi connectivity index (χ4v) is 7.64. The van der Waals surface area contributed by atoms with Crippen molar-refractivity contribution in [2.24, 2.45) is 17.8 Å². The fraction of sp³-hybridized carbons (Fsp3) is 0.552. The van der Waals surface area contributed by atoms with Crippen LogP contribution in [0, 0.1) is 17.8 Å². The number of hydrogen-bond acceptors (Lipinski definition) is 6. The zero-order valence-corrected chi connectivity index (χ0v) is 21.7. The molecule has 0 radical (unpaired) electrons. The van der Waals surface area contributed by atoms with Gasteiger partial charge in [-0.25, -0.2) is 4.98 Å². The van der Waals surface area contributed by atoms with Crippen molar-refractivity contribution in [3.05, 3.63) is 48.2 Å². The highest BCUT2D eigenvalue weighted by atomic mass is 16.3. The fourth-order valence-electron chi connectivity index (χ4n) is 7.64. The summed E-state index contributed by atoms with van der Waals surface area (Å²) in [6, 6.07) is 14.0. The first-order valence-corrected chi connectivity index (χ1v) is 13.7. The Morgan fingerprint density at radius 1 is 1.03 bits per heavy atom. The minimum atomic E-state index is -0.498. The van der Waals surface area contributed by atoms with Crippen LogP contribution in [0.1, 0.15) is 56.4 Å². The second-order valence-electron chi connectivity index (χ2n) is 11.8. The Morgan fingerprint density at radius 3 is 2.41 bits per heavy atom. The first-order valence-electron chi connectivity index (χ1n) is 13.7. The maximum Gasteiger partial charge on any atom is 0.270 e. The van der Waals surface area contributed by atoms with Crippen LogP contribution in [0.2, 0.25) is 0 Å². The number of amides is 2. The van der Waals surface area contributed by atoms with E-state index in [0.29, 0.717) is 23.4 Å². The molecule has 196 valence electrons. The zero-order valence-electron chi connectivity index (χ0n) is 21.7. The number of aliphatic hydroxyl groups is 1. The van der Waals surface area contributed by atoms with Crippen LogP contribution in [0.25, 0.3) is 0 Å². The number of benzene rings is 1. The Hall–Kier alpha value is -3.13. The lowest BCUT2D eigenvalue weighted by atomic mass is 9.52. The largest absolute Gasteiger partial charge is 0.390 e. The standard InChI is InChI=1S/C29H37N5O3/c1-18-17-33(24-8-6-23(7-9-24)30-19(2)35)10-11-34(18)26-5-3-4-25(31-26)28(36)32-27-21-12-20-13-22(27)16-29(37,14-20)15-21/h3-9,18,20-22,27,37H,10-17H2,1-2H3,(H,30,35)(H,32,36)/t18-,20?,21?,22?,27-,29-/m1/s1. The molecule has 7 rings (SSSR count). The molecule has 1 saturated heterocycles. The lowest BCUT2D eigenvalue weighted by Crippen LogP contribution is -2.61. The quantitative estimate of drug-likeness (QED) is 0.579. The maximum absolute atomic E-state index is 13.3. The van der Waals surface area contributed by atoms with Gasteiger partial charge in [0.1, 0.15) is 11.5 Å². The molecule has 1 aromatic heterocycles. The molecule has 5 aliphatic rings. The second kappa shape index (κ2) is 9.31. The van der Waals surface area contributed by atoms with Gasteiger partial charge >= 0.3 is 0 Å². The number of piperazine rings is 1. The van der Waals surface area contributed by atoms with Crippen molar-refractivity contribution in [2.75, 3.05) is 34.8 Å². The van der Waals surface area contributed by atoms with Crippen LogP contribution in [0.15, 0.2) is 42.5 Å². The Bertz CT molecular complexity index is 1170. The van der Waals surface area contributed by atoms with Crippen molar-refractivity contribution in [3.63, 3.8) is 0 Å². The molecule has 4 saturated carbocycles. The number of nitrogens with zero attached hydrogens (tertiary/aromatic N) is 3. The van der Waals surface area contributed by atoms with Crippen LogP contribution in [0.3, 0.4) is 0 Å². The first kappa shape index (κ1) is 24.2. The van der Waals surface area contributed by atoms with Gasteiger partial charge in [0.25, 0.3) is 5.91 Å². The molecule has 3 atom stereocenters. The van der Waals surface area contributed by atoms with Gasteiger partial charge in [0.2, 0.25) is 5.91 Å². The molecule has 4 aliphatic carbocycles. The van der Waals surface area contributed by atoms with Crippen LogP contribution in [0.4, 0.5) is 17.2 Å². The van der Waals surface area contributed by atoms with E-state index in [1.54, 1.807) is 6.07 Å². The molecule has 0 spiro atoms. The number of carbonyl (C=O) groups excluding carboxylic acids is 2. The molecule has 2 unspecified atom stereocenters. The average molecular weight is 504 g/mol. The topological polar surface area (TPSA) is 97.8 Å². The van der Waals surface area contributed by atoms with Gasteiger partial charge in [-0.05, 0) is 93.2 Å². The molecule has 8 heteroatoms. The molecule has 4 bridgehead atoms. The summed E-state index contributed by atoms with van der Waals surface area (Å²) in [6.45, 7) is 6.19. The zero-order chi connectivity index (χ0) is 25.7. The number of hydrogen-bond donors (Lipinski definition) is 3. The molecule has 3 N–H and O–H groups in total. The van der Waals surface area contributed by atoms with Gasteiger partial charge in [-0.3, -0.25) is 9.59 Å². The summed E-state index contributed by atoms with van der Waals surface area (Å²) in [5, 5.41) is 17.0. The highest BCUT2D eigenvalue weighted by Gasteiger charge is 2.55. The summed E-state index contributed by atoms with van der Waals surface area (Å²) in [6.07, 6.45) is 4.81. The predicted octanol–water partition coefficient (Wildman–Crippen LogP) is 3.42. The Kier molecular flexibility index (Phi) is 6.10. The monoisotopic (exact) mass is 503 g/mol. The van der Waals surface area contributed by atoms with E-state index in [1.807, 2.05) is 36.4 Å². The number of nitrogens with one attached hydrogen (secondary N) is 2. The van der Waals surface area contributed by atoms with Gasteiger partial charge in [-0.1, -0.05) is 6.07 Å². The van der Waals surface area contributed by atoms with E-state index in [4.69, 9.17) is 4.98 Å². The molecule has 5 fully saturated rings. The van der Waals surface area contributed by atoms with Crippen LogP contribution in [-0.2, 0) is 4.79 Å². The smallest absolute Gasteiger partial charge is 0.270 e. The van der Waals surface area contributed by atoms with Crippen molar-refractivity contribution < 1.29 is 14.7 Å². The molecular formula is C29H37N5O3. The minimum Gasteiger partial charge on any atom is -0.390 e. The maximum atomic E-state index is 13.3. The van der Waals surface area contributed by atoms with Gasteiger partial charge in [0.05, 0.1) is 5.60 Å². The minimum absolute atomic E-state index is 0.0741. The molecule has 2 heterocycles. The van der Waals surface area contributed by atoms with Crippen molar-refractivity contribution in [1.82, 2.24) is 10.3 Å². The van der Waals surface area contributed by atoms with E-state index >= 15 is 0 Å². The van der Waals surface area contributed by atoms with Gasteiger partial charge < -0.3 is 25.5 Å². The Labute approximate surface area is 218 Å². The Balaban J connectivity index is 1.10. The summed E-state index contributed by atoms with van der Waals surface area (Å²) < 4.78 is 0. The van der Waals surface area contributed by atoms with E-state index < -0.39 is 5.60 Å². The lowest BCUT2D eigenvalue weighted by Gasteiger charge is -2.58. The van der Waals surface area contributed by atoms with Crippen molar-refractivity contribution >= 4 is 29.0 Å². The highest BCUT2D eigenvalue weighted by molar-refractivity contribution is 5.93. The van der Waals surface area contributed by atoms with E-state index in [1.165, 1.54) is 6.92 Å². The summed E-state index contributed by atoms with van der Waals surface area (Å²) in [5.41, 5.74) is 1.89. The molecule has 1 aromatic carbocycles. The first-order chi connectivity index (χ1) is 17.8. The summed E-state index contributed by atoms with van der Waals surface area (Å²) >= 11 is 0. The average Bonchev–Trinajstić information content (AvgIpc) is 2.85. The van der Waals surface area contributed by atoms with Gasteiger partial charge in [0.15, 0.2) is 0 Å². The number of pyridine rings is 1. The van der Waals surface area contributed by atoms with Crippen LogP contribution in [-0.4, -0.2) is 59.2 Å². The predicted molar refractivity (Wildman–Crippen MR) is 144 cm³/mol. The normalized spacial score (nSPS) is 32.4. The third-order valence-corrected chi connectivity index (χ3v) is 8.98. The second-order valence-corrected chi connectivity index (χ2v) is 11.8. The van der Waals surface area contributed by atoms with E-state index in [9.17, 15) is 14.7 Å². The molecule has 37 heavy (non-hydrogen) atoms. The molecule has 8 nitrogen and oxygen atoms in total. The number of aromatic nitrogens is 1. The summed E-state index contributed by atoms with van der Waals surface area (Å²) in [4.78, 5) is 34.0.